The van der Waals surface area contributed by atoms with E-state index in [0.717, 1.165) is 24.2 Å². The number of hydrogen-bond donors (Lipinski definition) is 1. The molecule has 4 nitrogen and oxygen atoms in total. The summed E-state index contributed by atoms with van der Waals surface area (Å²) >= 11 is 0. The molecule has 1 aromatic heterocycles. The summed E-state index contributed by atoms with van der Waals surface area (Å²) in [5, 5.41) is 0. The second kappa shape index (κ2) is 7.10. The minimum atomic E-state index is -0.279. The van der Waals surface area contributed by atoms with Crippen molar-refractivity contribution < 1.29 is 4.39 Å². The SMILES string of the molecule is Cc1nc(C#Cc2ccc(F)cc2)c(N)c(N2[C@H](C)CCC[C@@H]2C)n1. The highest BCUT2D eigenvalue weighted by Crippen LogP contribution is 2.32. The van der Waals surface area contributed by atoms with Gasteiger partial charge in [0.15, 0.2) is 5.82 Å². The van der Waals surface area contributed by atoms with E-state index in [1.165, 1.54) is 18.6 Å². The number of aryl methyl sites for hydroxylation is 1. The van der Waals surface area contributed by atoms with E-state index in [0.29, 0.717) is 29.3 Å². The lowest BCUT2D eigenvalue weighted by atomic mass is 9.97. The van der Waals surface area contributed by atoms with E-state index < -0.39 is 0 Å². The fraction of sp³-hybridized carbons (Fsp3) is 0.400. The van der Waals surface area contributed by atoms with Crippen LogP contribution in [0.3, 0.4) is 0 Å². The summed E-state index contributed by atoms with van der Waals surface area (Å²) in [4.78, 5) is 11.3. The fourth-order valence-corrected chi connectivity index (χ4v) is 3.36. The highest BCUT2D eigenvalue weighted by atomic mass is 19.1. The molecule has 2 atom stereocenters. The third-order valence-electron chi connectivity index (χ3n) is 4.64. The summed E-state index contributed by atoms with van der Waals surface area (Å²) in [7, 11) is 0. The van der Waals surface area contributed by atoms with Crippen molar-refractivity contribution >= 4 is 11.5 Å². The molecular weight excluding hydrogens is 315 g/mol. The van der Waals surface area contributed by atoms with Gasteiger partial charge in [0.1, 0.15) is 23.0 Å². The van der Waals surface area contributed by atoms with Crippen LogP contribution in [0, 0.1) is 24.6 Å². The average molecular weight is 338 g/mol. The van der Waals surface area contributed by atoms with Crippen molar-refractivity contribution in [3.05, 3.63) is 47.2 Å². The van der Waals surface area contributed by atoms with Gasteiger partial charge in [-0.05, 0) is 70.2 Å². The lowest BCUT2D eigenvalue weighted by Crippen LogP contribution is -2.44. The number of rotatable bonds is 1. The fourth-order valence-electron chi connectivity index (χ4n) is 3.36. The summed E-state index contributed by atoms with van der Waals surface area (Å²) in [6.45, 7) is 6.26. The normalized spacial score (nSPS) is 20.1. The molecule has 0 spiro atoms. The highest BCUT2D eigenvalue weighted by Gasteiger charge is 2.28. The summed E-state index contributed by atoms with van der Waals surface area (Å²) in [5.74, 6) is 7.17. The van der Waals surface area contributed by atoms with Gasteiger partial charge in [0.05, 0.1) is 0 Å². The number of aromatic nitrogens is 2. The maximum Gasteiger partial charge on any atom is 0.157 e. The van der Waals surface area contributed by atoms with E-state index in [1.807, 2.05) is 6.92 Å². The zero-order valence-corrected chi connectivity index (χ0v) is 14.9. The Morgan fingerprint density at radius 1 is 1.08 bits per heavy atom. The van der Waals surface area contributed by atoms with Crippen LogP contribution in [0.25, 0.3) is 0 Å². The highest BCUT2D eigenvalue weighted by molar-refractivity contribution is 5.70. The van der Waals surface area contributed by atoms with Crippen LogP contribution >= 0.6 is 0 Å². The van der Waals surface area contributed by atoms with Gasteiger partial charge in [-0.2, -0.15) is 0 Å². The van der Waals surface area contributed by atoms with Gasteiger partial charge in [-0.1, -0.05) is 5.92 Å². The summed E-state index contributed by atoms with van der Waals surface area (Å²) in [5.41, 5.74) is 8.13. The molecule has 1 aliphatic heterocycles. The molecule has 5 heteroatoms. The third-order valence-corrected chi connectivity index (χ3v) is 4.64. The molecule has 2 aromatic rings. The van der Waals surface area contributed by atoms with Crippen molar-refractivity contribution in [1.82, 2.24) is 9.97 Å². The van der Waals surface area contributed by atoms with Gasteiger partial charge in [0.25, 0.3) is 0 Å². The number of piperidine rings is 1. The summed E-state index contributed by atoms with van der Waals surface area (Å²) in [6.07, 6.45) is 3.48. The van der Waals surface area contributed by atoms with Crippen LogP contribution in [0.1, 0.15) is 50.2 Å². The monoisotopic (exact) mass is 338 g/mol. The number of hydrogen-bond acceptors (Lipinski definition) is 4. The lowest BCUT2D eigenvalue weighted by molar-refractivity contribution is 0.411. The minimum absolute atomic E-state index is 0.279. The van der Waals surface area contributed by atoms with Crippen LogP contribution in [0.5, 0.6) is 0 Å². The maximum atomic E-state index is 13.0. The second-order valence-corrected chi connectivity index (χ2v) is 6.65. The molecule has 2 heterocycles. The van der Waals surface area contributed by atoms with E-state index in [4.69, 9.17) is 5.73 Å². The van der Waals surface area contributed by atoms with Crippen molar-refractivity contribution in [2.75, 3.05) is 10.6 Å². The van der Waals surface area contributed by atoms with Crippen LogP contribution in [-0.2, 0) is 0 Å². The Hall–Kier alpha value is -2.61. The molecule has 0 bridgehead atoms. The van der Waals surface area contributed by atoms with Gasteiger partial charge in [-0.3, -0.25) is 0 Å². The number of nitrogens with zero attached hydrogens (tertiary/aromatic N) is 3. The predicted molar refractivity (Wildman–Crippen MR) is 98.8 cm³/mol. The molecule has 0 amide bonds. The number of benzene rings is 1. The van der Waals surface area contributed by atoms with Crippen molar-refractivity contribution in [2.45, 2.75) is 52.1 Å². The Morgan fingerprint density at radius 3 is 2.36 bits per heavy atom. The van der Waals surface area contributed by atoms with Crippen LogP contribution in [0.2, 0.25) is 0 Å². The zero-order valence-electron chi connectivity index (χ0n) is 14.9. The van der Waals surface area contributed by atoms with Crippen molar-refractivity contribution in [3.8, 4) is 11.8 Å². The zero-order chi connectivity index (χ0) is 18.0. The molecule has 0 aliphatic carbocycles. The van der Waals surface area contributed by atoms with Crippen molar-refractivity contribution in [1.29, 1.82) is 0 Å². The molecular formula is C20H23FN4. The van der Waals surface area contributed by atoms with Crippen molar-refractivity contribution in [2.24, 2.45) is 0 Å². The van der Waals surface area contributed by atoms with Crippen LogP contribution < -0.4 is 10.6 Å². The molecule has 1 saturated heterocycles. The molecule has 0 unspecified atom stereocenters. The Balaban J connectivity index is 1.99. The van der Waals surface area contributed by atoms with Crippen LogP contribution in [-0.4, -0.2) is 22.1 Å². The number of halogens is 1. The molecule has 1 fully saturated rings. The van der Waals surface area contributed by atoms with Gasteiger partial charge in [0.2, 0.25) is 0 Å². The predicted octanol–water partition coefficient (Wildman–Crippen LogP) is 3.67. The number of anilines is 2. The van der Waals surface area contributed by atoms with E-state index in [1.54, 1.807) is 12.1 Å². The van der Waals surface area contributed by atoms with Crippen LogP contribution in [0.15, 0.2) is 24.3 Å². The second-order valence-electron chi connectivity index (χ2n) is 6.65. The topological polar surface area (TPSA) is 55.0 Å². The smallest absolute Gasteiger partial charge is 0.157 e. The Bertz CT molecular complexity index is 810. The first-order chi connectivity index (χ1) is 12.0. The van der Waals surface area contributed by atoms with E-state index in [-0.39, 0.29) is 5.82 Å². The lowest BCUT2D eigenvalue weighted by Gasteiger charge is -2.40. The number of nitrogen functional groups attached to an aromatic ring is 1. The quantitative estimate of drug-likeness (QED) is 0.806. The molecule has 2 N–H and O–H groups in total. The molecule has 25 heavy (non-hydrogen) atoms. The summed E-state index contributed by atoms with van der Waals surface area (Å²) in [6, 6.07) is 6.84. The Morgan fingerprint density at radius 2 is 1.72 bits per heavy atom. The van der Waals surface area contributed by atoms with Gasteiger partial charge in [-0.15, -0.1) is 0 Å². The van der Waals surface area contributed by atoms with Gasteiger partial charge in [0, 0.05) is 17.6 Å². The maximum absolute atomic E-state index is 13.0. The average Bonchev–Trinajstić information content (AvgIpc) is 2.57. The van der Waals surface area contributed by atoms with Gasteiger partial charge >= 0.3 is 0 Å². The number of nitrogens with two attached hydrogens (primary N) is 1. The Labute approximate surface area is 148 Å². The molecule has 0 radical (unpaired) electrons. The summed E-state index contributed by atoms with van der Waals surface area (Å²) < 4.78 is 13.0. The molecule has 3 rings (SSSR count). The molecule has 130 valence electrons. The molecule has 1 aromatic carbocycles. The largest absolute Gasteiger partial charge is 0.393 e. The van der Waals surface area contributed by atoms with Crippen LogP contribution in [0.4, 0.5) is 15.9 Å². The van der Waals surface area contributed by atoms with Gasteiger partial charge < -0.3 is 10.6 Å². The van der Waals surface area contributed by atoms with E-state index >= 15 is 0 Å². The standard InChI is InChI=1S/C20H23FN4/c1-13-5-4-6-14(2)25(13)20-19(22)18(23-15(3)24-20)12-9-16-7-10-17(21)11-8-16/h7-8,10-11,13-14H,4-6,22H2,1-3H3/t13-,14+. The minimum Gasteiger partial charge on any atom is -0.393 e. The van der Waals surface area contributed by atoms with E-state index in [2.05, 4.69) is 40.6 Å². The first-order valence-corrected chi connectivity index (χ1v) is 8.65. The van der Waals surface area contributed by atoms with E-state index in [9.17, 15) is 4.39 Å². The first-order valence-electron chi connectivity index (χ1n) is 8.65. The van der Waals surface area contributed by atoms with Gasteiger partial charge in [-0.25, -0.2) is 14.4 Å². The Kier molecular flexibility index (Phi) is 4.89. The molecule has 0 saturated carbocycles. The van der Waals surface area contributed by atoms with Crippen molar-refractivity contribution in [3.63, 3.8) is 0 Å². The molecule has 1 aliphatic rings. The third kappa shape index (κ3) is 3.74. The first kappa shape index (κ1) is 17.2.